The van der Waals surface area contributed by atoms with Gasteiger partial charge in [-0.25, -0.2) is 8.42 Å². The lowest BCUT2D eigenvalue weighted by molar-refractivity contribution is 0.317. The molecule has 0 saturated heterocycles. The van der Waals surface area contributed by atoms with Crippen molar-refractivity contribution in [3.8, 4) is 0 Å². The van der Waals surface area contributed by atoms with E-state index in [0.29, 0.717) is 6.42 Å². The van der Waals surface area contributed by atoms with Crippen LogP contribution in [0.15, 0.2) is 12.7 Å². The summed E-state index contributed by atoms with van der Waals surface area (Å²) in [7, 11) is -2.90. The van der Waals surface area contributed by atoms with Crippen LogP contribution < -0.4 is 5.32 Å². The SMILES string of the molecule is C=CC(C)(CCS(C)(=O)=O)CNC(C)(C)C. The molecule has 0 radical (unpaired) electrons. The minimum atomic E-state index is -2.90. The van der Waals surface area contributed by atoms with E-state index in [2.05, 4.69) is 32.7 Å². The summed E-state index contributed by atoms with van der Waals surface area (Å²) in [6.07, 6.45) is 3.73. The van der Waals surface area contributed by atoms with Crippen molar-refractivity contribution in [2.24, 2.45) is 5.41 Å². The van der Waals surface area contributed by atoms with E-state index < -0.39 is 9.84 Å². The van der Waals surface area contributed by atoms with Crippen LogP contribution in [0.25, 0.3) is 0 Å². The van der Waals surface area contributed by atoms with Crippen LogP contribution in [-0.2, 0) is 9.84 Å². The fourth-order valence-electron chi connectivity index (χ4n) is 1.15. The Hall–Kier alpha value is -0.350. The third-order valence-electron chi connectivity index (χ3n) is 2.56. The molecule has 1 atom stereocenters. The topological polar surface area (TPSA) is 46.2 Å². The van der Waals surface area contributed by atoms with E-state index in [4.69, 9.17) is 0 Å². The first kappa shape index (κ1) is 15.7. The maximum atomic E-state index is 11.1. The molecule has 1 unspecified atom stereocenters. The summed E-state index contributed by atoms with van der Waals surface area (Å²) in [6, 6.07) is 0. The first-order valence-corrected chi connectivity index (χ1v) is 7.60. The zero-order valence-electron chi connectivity index (χ0n) is 11.1. The second-order valence-corrected chi connectivity index (χ2v) is 8.10. The Balaban J connectivity index is 4.38. The third kappa shape index (κ3) is 7.88. The summed E-state index contributed by atoms with van der Waals surface area (Å²) < 4.78 is 22.3. The first-order valence-electron chi connectivity index (χ1n) is 5.54. The van der Waals surface area contributed by atoms with E-state index in [-0.39, 0.29) is 16.7 Å². The molecular weight excluding hydrogens is 222 g/mol. The van der Waals surface area contributed by atoms with Crippen LogP contribution >= 0.6 is 0 Å². The molecule has 0 aliphatic heterocycles. The van der Waals surface area contributed by atoms with Crippen molar-refractivity contribution >= 4 is 9.84 Å². The molecule has 3 nitrogen and oxygen atoms in total. The highest BCUT2D eigenvalue weighted by molar-refractivity contribution is 7.90. The standard InChI is InChI=1S/C12H25NO2S/c1-7-12(5,8-9-16(6,14)15)10-13-11(2,3)4/h7,13H,1,8-10H2,2-6H3. The van der Waals surface area contributed by atoms with Gasteiger partial charge in [0.2, 0.25) is 0 Å². The fraction of sp³-hybridized carbons (Fsp3) is 0.833. The largest absolute Gasteiger partial charge is 0.311 e. The summed E-state index contributed by atoms with van der Waals surface area (Å²) in [5.41, 5.74) is -0.133. The second-order valence-electron chi connectivity index (χ2n) is 5.84. The summed E-state index contributed by atoms with van der Waals surface area (Å²) in [6.45, 7) is 12.8. The number of hydrogen-bond acceptors (Lipinski definition) is 3. The van der Waals surface area contributed by atoms with Crippen LogP contribution in [0.3, 0.4) is 0 Å². The Morgan fingerprint density at radius 1 is 1.25 bits per heavy atom. The predicted octanol–water partition coefficient (Wildman–Crippen LogP) is 2.00. The summed E-state index contributed by atoms with van der Waals surface area (Å²) in [5.74, 6) is 0.210. The van der Waals surface area contributed by atoms with Gasteiger partial charge < -0.3 is 5.32 Å². The lowest BCUT2D eigenvalue weighted by Crippen LogP contribution is -2.42. The molecule has 0 amide bonds. The highest BCUT2D eigenvalue weighted by atomic mass is 32.2. The van der Waals surface area contributed by atoms with E-state index in [1.165, 1.54) is 6.26 Å². The van der Waals surface area contributed by atoms with Gasteiger partial charge in [0.25, 0.3) is 0 Å². The molecule has 0 fully saturated rings. The zero-order chi connectivity index (χ0) is 13.0. The Bertz CT molecular complexity index is 327. The van der Waals surface area contributed by atoms with Crippen molar-refractivity contribution in [2.45, 2.75) is 39.7 Å². The Morgan fingerprint density at radius 2 is 1.75 bits per heavy atom. The lowest BCUT2D eigenvalue weighted by Gasteiger charge is -2.31. The predicted molar refractivity (Wildman–Crippen MR) is 70.4 cm³/mol. The average Bonchev–Trinajstić information content (AvgIpc) is 2.09. The van der Waals surface area contributed by atoms with Crippen LogP contribution in [0, 0.1) is 5.41 Å². The van der Waals surface area contributed by atoms with Gasteiger partial charge in [-0.3, -0.25) is 0 Å². The number of nitrogens with one attached hydrogen (secondary N) is 1. The van der Waals surface area contributed by atoms with Crippen molar-refractivity contribution in [1.82, 2.24) is 5.32 Å². The smallest absolute Gasteiger partial charge is 0.147 e. The second kappa shape index (κ2) is 5.32. The van der Waals surface area contributed by atoms with Crippen molar-refractivity contribution in [1.29, 1.82) is 0 Å². The van der Waals surface area contributed by atoms with E-state index in [1.807, 2.05) is 13.0 Å². The van der Waals surface area contributed by atoms with Crippen LogP contribution in [0.2, 0.25) is 0 Å². The minimum Gasteiger partial charge on any atom is -0.311 e. The maximum absolute atomic E-state index is 11.1. The first-order chi connectivity index (χ1) is 6.97. The van der Waals surface area contributed by atoms with Gasteiger partial charge in [-0.15, -0.1) is 6.58 Å². The fourth-order valence-corrected chi connectivity index (χ4v) is 1.99. The van der Waals surface area contributed by atoms with Gasteiger partial charge in [0.05, 0.1) is 5.75 Å². The summed E-state index contributed by atoms with van der Waals surface area (Å²) in [5, 5.41) is 3.38. The van der Waals surface area contributed by atoms with Crippen molar-refractivity contribution in [3.63, 3.8) is 0 Å². The number of rotatable bonds is 6. The van der Waals surface area contributed by atoms with E-state index in [9.17, 15) is 8.42 Å². The average molecular weight is 247 g/mol. The molecule has 0 aromatic carbocycles. The van der Waals surface area contributed by atoms with Gasteiger partial charge in [0, 0.05) is 18.3 Å². The molecule has 1 N–H and O–H groups in total. The molecule has 0 aromatic rings. The molecule has 0 heterocycles. The highest BCUT2D eigenvalue weighted by Crippen LogP contribution is 2.23. The quantitative estimate of drug-likeness (QED) is 0.730. The van der Waals surface area contributed by atoms with Crippen LogP contribution in [0.4, 0.5) is 0 Å². The molecule has 0 aliphatic rings. The molecule has 0 spiro atoms. The van der Waals surface area contributed by atoms with Gasteiger partial charge in [-0.05, 0) is 32.6 Å². The number of sulfone groups is 1. The Kier molecular flexibility index (Phi) is 5.20. The van der Waals surface area contributed by atoms with Crippen LogP contribution in [0.5, 0.6) is 0 Å². The van der Waals surface area contributed by atoms with Crippen LogP contribution in [0.1, 0.15) is 34.1 Å². The normalized spacial score (nSPS) is 16.8. The maximum Gasteiger partial charge on any atom is 0.147 e. The molecule has 4 heteroatoms. The molecule has 0 bridgehead atoms. The van der Waals surface area contributed by atoms with Gasteiger partial charge in [-0.2, -0.15) is 0 Å². The molecule has 16 heavy (non-hydrogen) atoms. The van der Waals surface area contributed by atoms with Crippen molar-refractivity contribution < 1.29 is 8.42 Å². The van der Waals surface area contributed by atoms with Gasteiger partial charge in [-0.1, -0.05) is 13.0 Å². The van der Waals surface area contributed by atoms with Crippen molar-refractivity contribution in [2.75, 3.05) is 18.6 Å². The van der Waals surface area contributed by atoms with Gasteiger partial charge in [0.15, 0.2) is 0 Å². The zero-order valence-corrected chi connectivity index (χ0v) is 11.9. The lowest BCUT2D eigenvalue weighted by atomic mass is 9.87. The third-order valence-corrected chi connectivity index (χ3v) is 3.51. The number of hydrogen-bond donors (Lipinski definition) is 1. The van der Waals surface area contributed by atoms with E-state index >= 15 is 0 Å². The van der Waals surface area contributed by atoms with Crippen LogP contribution in [-0.4, -0.2) is 32.5 Å². The summed E-state index contributed by atoms with van der Waals surface area (Å²) in [4.78, 5) is 0. The molecule has 0 rings (SSSR count). The van der Waals surface area contributed by atoms with Gasteiger partial charge >= 0.3 is 0 Å². The molecular formula is C12H25NO2S. The Labute approximate surface area is 100 Å². The molecule has 0 aromatic heterocycles. The molecule has 0 saturated carbocycles. The molecule has 0 aliphatic carbocycles. The highest BCUT2D eigenvalue weighted by Gasteiger charge is 2.24. The monoisotopic (exact) mass is 247 g/mol. The Morgan fingerprint density at radius 3 is 2.06 bits per heavy atom. The van der Waals surface area contributed by atoms with E-state index in [0.717, 1.165) is 6.54 Å². The van der Waals surface area contributed by atoms with Crippen molar-refractivity contribution in [3.05, 3.63) is 12.7 Å². The van der Waals surface area contributed by atoms with E-state index in [1.54, 1.807) is 0 Å². The minimum absolute atomic E-state index is 0.0371. The van der Waals surface area contributed by atoms with Gasteiger partial charge in [0.1, 0.15) is 9.84 Å². The summed E-state index contributed by atoms with van der Waals surface area (Å²) >= 11 is 0. The molecule has 96 valence electrons.